The van der Waals surface area contributed by atoms with Crippen LogP contribution in [-0.4, -0.2) is 31.8 Å². The first-order valence-corrected chi connectivity index (χ1v) is 10.0. The van der Waals surface area contributed by atoms with Crippen molar-refractivity contribution < 1.29 is 17.5 Å². The number of hydrogen-bond donors (Lipinski definition) is 1. The number of nitrogens with one attached hydrogen (secondary N) is 1. The number of aromatic nitrogens is 2. The minimum absolute atomic E-state index is 0.112. The average molecular weight is 393 g/mol. The van der Waals surface area contributed by atoms with E-state index in [4.69, 9.17) is 4.74 Å². The molecule has 0 bridgehead atoms. The molecule has 2 heterocycles. The van der Waals surface area contributed by atoms with Gasteiger partial charge in [0.25, 0.3) is 0 Å². The van der Waals surface area contributed by atoms with Crippen LogP contribution in [0.3, 0.4) is 0 Å². The first-order valence-electron chi connectivity index (χ1n) is 7.73. The summed E-state index contributed by atoms with van der Waals surface area (Å²) in [4.78, 5) is 0.929. The summed E-state index contributed by atoms with van der Waals surface area (Å²) in [5.41, 5.74) is 1.33. The summed E-state index contributed by atoms with van der Waals surface area (Å²) >= 11 is 1.21. The van der Waals surface area contributed by atoms with E-state index in [0.29, 0.717) is 5.69 Å². The van der Waals surface area contributed by atoms with E-state index in [1.54, 1.807) is 36.4 Å². The Labute approximate surface area is 154 Å². The number of halogens is 1. The SMILES string of the molecule is Cc1ccc(S(=O)(=O)NCCOc2ccc(-c3ccc(F)cc3)nn2)s1. The molecule has 0 aliphatic heterocycles. The Hall–Kier alpha value is -2.36. The summed E-state index contributed by atoms with van der Waals surface area (Å²) in [6.07, 6.45) is 0. The lowest BCUT2D eigenvalue weighted by atomic mass is 10.1. The van der Waals surface area contributed by atoms with Gasteiger partial charge in [0.05, 0.1) is 5.69 Å². The van der Waals surface area contributed by atoms with Gasteiger partial charge in [0.15, 0.2) is 0 Å². The Bertz CT molecular complexity index is 971. The molecule has 0 atom stereocenters. The van der Waals surface area contributed by atoms with Crippen LogP contribution in [0.4, 0.5) is 4.39 Å². The Balaban J connectivity index is 1.51. The lowest BCUT2D eigenvalue weighted by molar-refractivity contribution is 0.307. The largest absolute Gasteiger partial charge is 0.475 e. The number of nitrogens with zero attached hydrogens (tertiary/aromatic N) is 2. The zero-order valence-corrected chi connectivity index (χ0v) is 15.5. The van der Waals surface area contributed by atoms with Crippen LogP contribution in [0, 0.1) is 12.7 Å². The molecule has 3 aromatic rings. The highest BCUT2D eigenvalue weighted by Gasteiger charge is 2.15. The van der Waals surface area contributed by atoms with Crippen molar-refractivity contribution in [3.63, 3.8) is 0 Å². The number of hydrogen-bond acceptors (Lipinski definition) is 6. The van der Waals surface area contributed by atoms with Crippen LogP contribution in [0.25, 0.3) is 11.3 Å². The topological polar surface area (TPSA) is 81.2 Å². The maximum absolute atomic E-state index is 12.9. The van der Waals surface area contributed by atoms with Crippen LogP contribution in [0.1, 0.15) is 4.88 Å². The third-order valence-corrected chi connectivity index (χ3v) is 6.36. The Kier molecular flexibility index (Phi) is 5.60. The molecule has 0 saturated carbocycles. The van der Waals surface area contributed by atoms with Crippen LogP contribution in [0.5, 0.6) is 5.88 Å². The van der Waals surface area contributed by atoms with Crippen LogP contribution < -0.4 is 9.46 Å². The molecule has 3 rings (SSSR count). The number of sulfonamides is 1. The smallest absolute Gasteiger partial charge is 0.250 e. The minimum atomic E-state index is -3.52. The van der Waals surface area contributed by atoms with Gasteiger partial charge in [-0.05, 0) is 49.4 Å². The highest BCUT2D eigenvalue weighted by molar-refractivity contribution is 7.91. The fourth-order valence-electron chi connectivity index (χ4n) is 2.13. The van der Waals surface area contributed by atoms with E-state index in [2.05, 4.69) is 14.9 Å². The van der Waals surface area contributed by atoms with Crippen LogP contribution in [0.2, 0.25) is 0 Å². The van der Waals surface area contributed by atoms with E-state index >= 15 is 0 Å². The summed E-state index contributed by atoms with van der Waals surface area (Å²) < 4.78 is 45.2. The van der Waals surface area contributed by atoms with Gasteiger partial charge in [0.1, 0.15) is 16.6 Å². The first-order chi connectivity index (χ1) is 12.4. The van der Waals surface area contributed by atoms with E-state index in [1.807, 2.05) is 6.92 Å². The predicted molar refractivity (Wildman–Crippen MR) is 97.2 cm³/mol. The molecular weight excluding hydrogens is 377 g/mol. The molecule has 0 unspecified atom stereocenters. The average Bonchev–Trinajstić information content (AvgIpc) is 3.07. The Morgan fingerprint density at radius 3 is 2.46 bits per heavy atom. The van der Waals surface area contributed by atoms with Gasteiger partial charge in [-0.25, -0.2) is 17.5 Å². The zero-order chi connectivity index (χ0) is 18.6. The maximum atomic E-state index is 12.9. The molecule has 0 fully saturated rings. The molecule has 1 N–H and O–H groups in total. The highest BCUT2D eigenvalue weighted by atomic mass is 32.2. The molecule has 1 aromatic carbocycles. The van der Waals surface area contributed by atoms with Crippen molar-refractivity contribution in [2.24, 2.45) is 0 Å². The van der Waals surface area contributed by atoms with Gasteiger partial charge in [-0.1, -0.05) is 0 Å². The number of ether oxygens (including phenoxy) is 1. The molecule has 0 saturated heterocycles. The van der Waals surface area contributed by atoms with Gasteiger partial charge in [0, 0.05) is 23.1 Å². The van der Waals surface area contributed by atoms with Gasteiger partial charge < -0.3 is 4.74 Å². The molecule has 6 nitrogen and oxygen atoms in total. The first kappa shape index (κ1) is 18.4. The summed E-state index contributed by atoms with van der Waals surface area (Å²) in [7, 11) is -3.52. The minimum Gasteiger partial charge on any atom is -0.475 e. The van der Waals surface area contributed by atoms with E-state index < -0.39 is 10.0 Å². The van der Waals surface area contributed by atoms with Gasteiger partial charge >= 0.3 is 0 Å². The predicted octanol–water partition coefficient (Wildman–Crippen LogP) is 3.01. The van der Waals surface area contributed by atoms with Gasteiger partial charge in [-0.2, -0.15) is 0 Å². The molecule has 9 heteroatoms. The van der Waals surface area contributed by atoms with E-state index in [-0.39, 0.29) is 29.1 Å². The van der Waals surface area contributed by atoms with Gasteiger partial charge in [0.2, 0.25) is 15.9 Å². The zero-order valence-electron chi connectivity index (χ0n) is 13.8. The van der Waals surface area contributed by atoms with Crippen molar-refractivity contribution in [3.05, 3.63) is 59.2 Å². The number of rotatable bonds is 7. The third-order valence-electron chi connectivity index (χ3n) is 3.40. The standard InChI is InChI=1S/C17H16FN3O3S2/c1-12-2-9-17(25-12)26(22,23)19-10-11-24-16-8-7-15(20-21-16)13-3-5-14(18)6-4-13/h2-9,19H,10-11H2,1H3. The lowest BCUT2D eigenvalue weighted by Crippen LogP contribution is -2.27. The number of aryl methyl sites for hydroxylation is 1. The molecule has 26 heavy (non-hydrogen) atoms. The summed E-state index contributed by atoms with van der Waals surface area (Å²) in [6, 6.07) is 12.6. The van der Waals surface area contributed by atoms with Gasteiger partial charge in [-0.15, -0.1) is 21.5 Å². The Morgan fingerprint density at radius 1 is 1.08 bits per heavy atom. The second-order valence-electron chi connectivity index (χ2n) is 5.38. The van der Waals surface area contributed by atoms with Crippen molar-refractivity contribution in [2.75, 3.05) is 13.2 Å². The van der Waals surface area contributed by atoms with Crippen LogP contribution >= 0.6 is 11.3 Å². The third kappa shape index (κ3) is 4.63. The molecular formula is C17H16FN3O3S2. The van der Waals surface area contributed by atoms with E-state index in [9.17, 15) is 12.8 Å². The second kappa shape index (κ2) is 7.90. The van der Waals surface area contributed by atoms with Crippen molar-refractivity contribution in [1.29, 1.82) is 0 Å². The number of benzene rings is 1. The fourth-order valence-corrected chi connectivity index (χ4v) is 4.47. The maximum Gasteiger partial charge on any atom is 0.250 e. The van der Waals surface area contributed by atoms with Crippen LogP contribution in [0.15, 0.2) is 52.7 Å². The highest BCUT2D eigenvalue weighted by Crippen LogP contribution is 2.20. The number of thiophene rings is 1. The molecule has 0 aliphatic carbocycles. The molecule has 0 amide bonds. The molecule has 0 radical (unpaired) electrons. The van der Waals surface area contributed by atoms with E-state index in [1.165, 1.54) is 23.5 Å². The van der Waals surface area contributed by atoms with Gasteiger partial charge in [-0.3, -0.25) is 0 Å². The quantitative estimate of drug-likeness (QED) is 0.624. The van der Waals surface area contributed by atoms with E-state index in [0.717, 1.165) is 10.4 Å². The fraction of sp³-hybridized carbons (Fsp3) is 0.176. The summed E-state index contributed by atoms with van der Waals surface area (Å²) in [5.74, 6) is -0.0381. The lowest BCUT2D eigenvalue weighted by Gasteiger charge is -2.07. The van der Waals surface area contributed by atoms with Crippen molar-refractivity contribution >= 4 is 21.4 Å². The summed E-state index contributed by atoms with van der Waals surface area (Å²) in [6.45, 7) is 2.08. The molecule has 0 spiro atoms. The monoisotopic (exact) mass is 393 g/mol. The second-order valence-corrected chi connectivity index (χ2v) is 8.66. The van der Waals surface area contributed by atoms with Crippen molar-refractivity contribution in [2.45, 2.75) is 11.1 Å². The molecule has 136 valence electrons. The van der Waals surface area contributed by atoms with Crippen LogP contribution in [-0.2, 0) is 10.0 Å². The van der Waals surface area contributed by atoms with Crippen molar-refractivity contribution in [1.82, 2.24) is 14.9 Å². The Morgan fingerprint density at radius 2 is 1.85 bits per heavy atom. The molecule has 2 aromatic heterocycles. The normalized spacial score (nSPS) is 11.5. The summed E-state index contributed by atoms with van der Waals surface area (Å²) in [5, 5.41) is 7.95. The van der Waals surface area contributed by atoms with Crippen molar-refractivity contribution in [3.8, 4) is 17.1 Å². The molecule has 0 aliphatic rings.